The van der Waals surface area contributed by atoms with Gasteiger partial charge in [-0.2, -0.15) is 0 Å². The van der Waals surface area contributed by atoms with E-state index in [1.165, 1.54) is 11.0 Å². The van der Waals surface area contributed by atoms with Gasteiger partial charge in [-0.25, -0.2) is 0 Å². The first-order valence-corrected chi connectivity index (χ1v) is 8.59. The van der Waals surface area contributed by atoms with Crippen molar-refractivity contribution in [3.05, 3.63) is 46.9 Å². The minimum absolute atomic E-state index is 0.0526. The van der Waals surface area contributed by atoms with Gasteiger partial charge in [0.25, 0.3) is 5.56 Å². The molecule has 1 aromatic heterocycles. The monoisotopic (exact) mass is 328 g/mol. The molecular formula is C19H24N2O3. The summed E-state index contributed by atoms with van der Waals surface area (Å²) in [4.78, 5) is 26.6. The van der Waals surface area contributed by atoms with Crippen LogP contribution in [0.15, 0.2) is 41.3 Å². The molecule has 2 heterocycles. The highest BCUT2D eigenvalue weighted by molar-refractivity contribution is 5.82. The van der Waals surface area contributed by atoms with E-state index in [1.807, 2.05) is 24.3 Å². The summed E-state index contributed by atoms with van der Waals surface area (Å²) in [6.07, 6.45) is 6.23. The maximum Gasteiger partial charge on any atom is 0.258 e. The zero-order chi connectivity index (χ0) is 16.9. The largest absolute Gasteiger partial charge is 0.378 e. The first kappa shape index (κ1) is 16.7. The van der Waals surface area contributed by atoms with Crippen LogP contribution in [0, 0.1) is 0 Å². The molecule has 1 aliphatic heterocycles. The highest BCUT2D eigenvalue weighted by atomic mass is 16.5. The fraction of sp³-hybridized carbons (Fsp3) is 0.474. The Morgan fingerprint density at radius 1 is 1.29 bits per heavy atom. The van der Waals surface area contributed by atoms with Crippen LogP contribution in [0.2, 0.25) is 0 Å². The molecule has 1 aliphatic rings. The topological polar surface area (TPSA) is 51.5 Å². The number of carbonyl (C=O) groups excluding carboxylic acids is 1. The molecule has 0 bridgehead atoms. The molecule has 1 fully saturated rings. The number of amides is 1. The lowest BCUT2D eigenvalue weighted by Crippen LogP contribution is -2.36. The fourth-order valence-electron chi connectivity index (χ4n) is 3.12. The second kappa shape index (κ2) is 7.62. The lowest BCUT2D eigenvalue weighted by molar-refractivity contribution is -0.131. The second-order valence-corrected chi connectivity index (χ2v) is 6.43. The Kier molecular flexibility index (Phi) is 5.30. The molecule has 24 heavy (non-hydrogen) atoms. The van der Waals surface area contributed by atoms with E-state index in [2.05, 4.69) is 0 Å². The van der Waals surface area contributed by atoms with Crippen LogP contribution in [0.1, 0.15) is 25.7 Å². The molecule has 0 spiro atoms. The van der Waals surface area contributed by atoms with Gasteiger partial charge in [0.15, 0.2) is 0 Å². The van der Waals surface area contributed by atoms with Crippen molar-refractivity contribution in [1.82, 2.24) is 9.47 Å². The van der Waals surface area contributed by atoms with Crippen LogP contribution in [-0.4, -0.2) is 41.7 Å². The molecular weight excluding hydrogens is 304 g/mol. The van der Waals surface area contributed by atoms with Crippen LogP contribution in [0.3, 0.4) is 0 Å². The molecule has 0 aliphatic carbocycles. The number of aromatic nitrogens is 1. The van der Waals surface area contributed by atoms with E-state index in [9.17, 15) is 9.59 Å². The third-order valence-electron chi connectivity index (χ3n) is 4.68. The predicted molar refractivity (Wildman–Crippen MR) is 94.1 cm³/mol. The minimum atomic E-state index is -0.120. The van der Waals surface area contributed by atoms with Gasteiger partial charge in [-0.05, 0) is 43.2 Å². The van der Waals surface area contributed by atoms with Crippen LogP contribution in [0.4, 0.5) is 0 Å². The van der Waals surface area contributed by atoms with Crippen molar-refractivity contribution in [2.75, 3.05) is 20.2 Å². The molecule has 128 valence electrons. The van der Waals surface area contributed by atoms with Gasteiger partial charge in [-0.3, -0.25) is 9.59 Å². The van der Waals surface area contributed by atoms with E-state index >= 15 is 0 Å². The maximum atomic E-state index is 12.5. The summed E-state index contributed by atoms with van der Waals surface area (Å²) >= 11 is 0. The highest BCUT2D eigenvalue weighted by Gasteiger charge is 2.17. The molecule has 1 amide bonds. The highest BCUT2D eigenvalue weighted by Crippen LogP contribution is 2.15. The van der Waals surface area contributed by atoms with Crippen LogP contribution in [0.25, 0.3) is 10.8 Å². The molecule has 5 heteroatoms. The van der Waals surface area contributed by atoms with Crippen LogP contribution in [0.5, 0.6) is 0 Å². The number of nitrogens with zero attached hydrogens (tertiary/aromatic N) is 2. The smallest absolute Gasteiger partial charge is 0.258 e. The summed E-state index contributed by atoms with van der Waals surface area (Å²) in [7, 11) is 1.79. The molecule has 3 rings (SSSR count). The van der Waals surface area contributed by atoms with Crippen molar-refractivity contribution >= 4 is 16.7 Å². The average molecular weight is 328 g/mol. The van der Waals surface area contributed by atoms with Gasteiger partial charge in [0.1, 0.15) is 6.54 Å². The summed E-state index contributed by atoms with van der Waals surface area (Å²) in [5, 5.41) is 1.54. The van der Waals surface area contributed by atoms with Crippen molar-refractivity contribution in [2.45, 2.75) is 38.3 Å². The molecule has 2 aromatic rings. The maximum absolute atomic E-state index is 12.5. The van der Waals surface area contributed by atoms with Crippen molar-refractivity contribution in [3.63, 3.8) is 0 Å². The summed E-state index contributed by atoms with van der Waals surface area (Å²) in [6, 6.07) is 9.31. The van der Waals surface area contributed by atoms with Gasteiger partial charge in [-0.15, -0.1) is 0 Å². The predicted octanol–water partition coefficient (Wildman–Crippen LogP) is 2.42. The van der Waals surface area contributed by atoms with Gasteiger partial charge in [-0.1, -0.05) is 18.2 Å². The Balaban J connectivity index is 1.61. The van der Waals surface area contributed by atoms with E-state index < -0.39 is 0 Å². The third-order valence-corrected chi connectivity index (χ3v) is 4.68. The zero-order valence-corrected chi connectivity index (χ0v) is 14.1. The normalized spacial score (nSPS) is 17.8. The lowest BCUT2D eigenvalue weighted by atomic mass is 10.1. The molecule has 0 saturated carbocycles. The Morgan fingerprint density at radius 3 is 2.92 bits per heavy atom. The quantitative estimate of drug-likeness (QED) is 0.847. The number of pyridine rings is 1. The van der Waals surface area contributed by atoms with E-state index in [4.69, 9.17) is 4.74 Å². The molecule has 1 atom stereocenters. The number of carbonyl (C=O) groups is 1. The van der Waals surface area contributed by atoms with Crippen LogP contribution >= 0.6 is 0 Å². The summed E-state index contributed by atoms with van der Waals surface area (Å²) in [6.45, 7) is 1.56. The third kappa shape index (κ3) is 3.85. The van der Waals surface area contributed by atoms with E-state index in [-0.39, 0.29) is 24.1 Å². The molecule has 1 aromatic carbocycles. The van der Waals surface area contributed by atoms with Crippen molar-refractivity contribution in [3.8, 4) is 0 Å². The van der Waals surface area contributed by atoms with E-state index in [1.54, 1.807) is 24.2 Å². The Bertz CT molecular complexity index is 763. The molecule has 1 saturated heterocycles. The van der Waals surface area contributed by atoms with E-state index in [0.29, 0.717) is 11.9 Å². The van der Waals surface area contributed by atoms with Gasteiger partial charge < -0.3 is 14.2 Å². The summed E-state index contributed by atoms with van der Waals surface area (Å²) in [5.74, 6) is -0.0526. The van der Waals surface area contributed by atoms with E-state index in [0.717, 1.165) is 31.3 Å². The standard InChI is InChI=1S/C19H24N2O3/c1-20(11-10-16-7-4-5-13-24-16)18(22)14-21-12-9-15-6-2-3-8-17(15)19(21)23/h2-3,6,8-9,12,16H,4-5,7,10-11,13-14H2,1H3/t16-/m1/s1. The van der Waals surface area contributed by atoms with Gasteiger partial charge in [0.05, 0.1) is 6.10 Å². The Labute approximate surface area is 141 Å². The Hall–Kier alpha value is -2.14. The second-order valence-electron chi connectivity index (χ2n) is 6.43. The number of ether oxygens (including phenoxy) is 1. The molecule has 0 N–H and O–H groups in total. The molecule has 0 unspecified atom stereocenters. The SMILES string of the molecule is CN(CC[C@H]1CCCCO1)C(=O)Cn1ccc2ccccc2c1=O. The van der Waals surface area contributed by atoms with Crippen LogP contribution < -0.4 is 5.56 Å². The van der Waals surface area contributed by atoms with Crippen molar-refractivity contribution in [2.24, 2.45) is 0 Å². The van der Waals surface area contributed by atoms with Crippen molar-refractivity contribution < 1.29 is 9.53 Å². The van der Waals surface area contributed by atoms with Gasteiger partial charge in [0, 0.05) is 31.8 Å². The average Bonchev–Trinajstić information content (AvgIpc) is 2.63. The minimum Gasteiger partial charge on any atom is -0.378 e. The number of hydrogen-bond donors (Lipinski definition) is 0. The number of hydrogen-bond acceptors (Lipinski definition) is 3. The number of rotatable bonds is 5. The summed E-state index contributed by atoms with van der Waals surface area (Å²) in [5.41, 5.74) is -0.120. The fourth-order valence-corrected chi connectivity index (χ4v) is 3.12. The van der Waals surface area contributed by atoms with Gasteiger partial charge >= 0.3 is 0 Å². The number of likely N-dealkylation sites (N-methyl/N-ethyl adjacent to an activating group) is 1. The number of fused-ring (bicyclic) bond motifs is 1. The molecule has 5 nitrogen and oxygen atoms in total. The van der Waals surface area contributed by atoms with Gasteiger partial charge in [0.2, 0.25) is 5.91 Å². The lowest BCUT2D eigenvalue weighted by Gasteiger charge is -2.25. The first-order valence-electron chi connectivity index (χ1n) is 8.59. The van der Waals surface area contributed by atoms with Crippen LogP contribution in [-0.2, 0) is 16.1 Å². The Morgan fingerprint density at radius 2 is 2.12 bits per heavy atom. The molecule has 0 radical (unpaired) electrons. The first-order chi connectivity index (χ1) is 11.6. The zero-order valence-electron chi connectivity index (χ0n) is 14.1. The van der Waals surface area contributed by atoms with Crippen molar-refractivity contribution in [1.29, 1.82) is 0 Å². The summed E-state index contributed by atoms with van der Waals surface area (Å²) < 4.78 is 7.18. The number of benzene rings is 1.